The lowest BCUT2D eigenvalue weighted by Gasteiger charge is -2.02. The molecule has 0 unspecified atom stereocenters. The van der Waals surface area contributed by atoms with Crippen molar-refractivity contribution >= 4 is 35.0 Å². The molecule has 2 heterocycles. The monoisotopic (exact) mass is 273 g/mol. The second kappa shape index (κ2) is 5.62. The summed E-state index contributed by atoms with van der Waals surface area (Å²) < 4.78 is 5.23. The number of halogens is 2. The van der Waals surface area contributed by atoms with E-state index in [9.17, 15) is 0 Å². The molecule has 0 atom stereocenters. The molecule has 2 nitrogen and oxygen atoms in total. The standard InChI is InChI=1S/C11H9Cl2NOS/c12-9-3-4-11(13)14-10(9)7-16-6-8-2-1-5-15-8/h1-5H,6-7H2. The Morgan fingerprint density at radius 3 is 2.81 bits per heavy atom. The Morgan fingerprint density at radius 2 is 2.06 bits per heavy atom. The van der Waals surface area contributed by atoms with E-state index in [-0.39, 0.29) is 0 Å². The van der Waals surface area contributed by atoms with E-state index >= 15 is 0 Å². The predicted octanol–water partition coefficient (Wildman–Crippen LogP) is 4.41. The molecule has 0 fully saturated rings. The Labute approximate surface area is 108 Å². The molecule has 0 aliphatic rings. The van der Waals surface area contributed by atoms with Crippen molar-refractivity contribution < 1.29 is 4.42 Å². The van der Waals surface area contributed by atoms with E-state index in [0.717, 1.165) is 23.0 Å². The van der Waals surface area contributed by atoms with Crippen molar-refractivity contribution in [1.29, 1.82) is 0 Å². The molecule has 0 radical (unpaired) electrons. The first-order valence-electron chi connectivity index (χ1n) is 4.67. The lowest BCUT2D eigenvalue weighted by molar-refractivity contribution is 0.530. The molecule has 5 heteroatoms. The number of thioether (sulfide) groups is 1. The van der Waals surface area contributed by atoms with Crippen LogP contribution in [0.25, 0.3) is 0 Å². The first-order valence-corrected chi connectivity index (χ1v) is 6.58. The lowest BCUT2D eigenvalue weighted by atomic mass is 10.4. The van der Waals surface area contributed by atoms with Gasteiger partial charge in [0.25, 0.3) is 0 Å². The maximum absolute atomic E-state index is 6.00. The fourth-order valence-corrected chi connectivity index (χ4v) is 2.50. The van der Waals surface area contributed by atoms with Gasteiger partial charge >= 0.3 is 0 Å². The van der Waals surface area contributed by atoms with Crippen molar-refractivity contribution in [1.82, 2.24) is 4.98 Å². The van der Waals surface area contributed by atoms with Gasteiger partial charge in [0.05, 0.1) is 22.7 Å². The summed E-state index contributed by atoms with van der Waals surface area (Å²) in [6, 6.07) is 7.27. The SMILES string of the molecule is Clc1ccc(Cl)c(CSCc2ccco2)n1. The van der Waals surface area contributed by atoms with Crippen LogP contribution in [-0.4, -0.2) is 4.98 Å². The molecule has 0 aliphatic carbocycles. The minimum atomic E-state index is 0.470. The summed E-state index contributed by atoms with van der Waals surface area (Å²) in [5.41, 5.74) is 0.811. The summed E-state index contributed by atoms with van der Waals surface area (Å²) in [7, 11) is 0. The number of aromatic nitrogens is 1. The summed E-state index contributed by atoms with van der Waals surface area (Å²) >= 11 is 13.5. The van der Waals surface area contributed by atoms with Gasteiger partial charge in [-0.2, -0.15) is 0 Å². The summed E-state index contributed by atoms with van der Waals surface area (Å²) in [5, 5.41) is 1.12. The highest BCUT2D eigenvalue weighted by Gasteiger charge is 2.04. The highest BCUT2D eigenvalue weighted by molar-refractivity contribution is 7.97. The summed E-state index contributed by atoms with van der Waals surface area (Å²) in [5.74, 6) is 2.47. The zero-order valence-electron chi connectivity index (χ0n) is 8.32. The van der Waals surface area contributed by atoms with Crippen molar-refractivity contribution in [3.05, 3.63) is 52.2 Å². The van der Waals surface area contributed by atoms with Crippen molar-refractivity contribution in [2.45, 2.75) is 11.5 Å². The number of nitrogens with zero attached hydrogens (tertiary/aromatic N) is 1. The van der Waals surface area contributed by atoms with E-state index in [0.29, 0.717) is 10.2 Å². The average Bonchev–Trinajstić information content (AvgIpc) is 2.76. The summed E-state index contributed by atoms with van der Waals surface area (Å²) in [6.07, 6.45) is 1.67. The Morgan fingerprint density at radius 1 is 1.19 bits per heavy atom. The van der Waals surface area contributed by atoms with Crippen molar-refractivity contribution in [2.24, 2.45) is 0 Å². The highest BCUT2D eigenvalue weighted by Crippen LogP contribution is 2.23. The van der Waals surface area contributed by atoms with Gasteiger partial charge in [0, 0.05) is 5.75 Å². The van der Waals surface area contributed by atoms with Crippen LogP contribution in [0.3, 0.4) is 0 Å². The van der Waals surface area contributed by atoms with E-state index < -0.39 is 0 Å². The third kappa shape index (κ3) is 3.17. The molecule has 2 rings (SSSR count). The average molecular weight is 274 g/mol. The quantitative estimate of drug-likeness (QED) is 0.772. The van der Waals surface area contributed by atoms with Gasteiger partial charge in [0.1, 0.15) is 10.9 Å². The van der Waals surface area contributed by atoms with Crippen LogP contribution < -0.4 is 0 Å². The van der Waals surface area contributed by atoms with Gasteiger partial charge < -0.3 is 4.42 Å². The van der Waals surface area contributed by atoms with Gasteiger partial charge in [-0.05, 0) is 24.3 Å². The molecule has 0 amide bonds. The Kier molecular flexibility index (Phi) is 4.16. The van der Waals surface area contributed by atoms with E-state index in [1.54, 1.807) is 30.2 Å². The molecule has 2 aromatic rings. The molecule has 16 heavy (non-hydrogen) atoms. The smallest absolute Gasteiger partial charge is 0.129 e. The molecule has 0 saturated carbocycles. The second-order valence-corrected chi connectivity index (χ2v) is 4.91. The van der Waals surface area contributed by atoms with Crippen LogP contribution in [0.1, 0.15) is 11.5 Å². The predicted molar refractivity (Wildman–Crippen MR) is 68.0 cm³/mol. The fourth-order valence-electron chi connectivity index (χ4n) is 1.20. The largest absolute Gasteiger partial charge is 0.468 e. The molecule has 0 aliphatic heterocycles. The van der Waals surface area contributed by atoms with Gasteiger partial charge in [-0.3, -0.25) is 0 Å². The molecule has 0 bridgehead atoms. The fraction of sp³-hybridized carbons (Fsp3) is 0.182. The zero-order chi connectivity index (χ0) is 11.4. The Hall–Kier alpha value is -0.640. The van der Waals surface area contributed by atoms with Gasteiger partial charge in [0.15, 0.2) is 0 Å². The molecule has 0 N–H and O–H groups in total. The summed E-state index contributed by atoms with van der Waals surface area (Å²) in [4.78, 5) is 4.17. The minimum Gasteiger partial charge on any atom is -0.468 e. The van der Waals surface area contributed by atoms with E-state index in [2.05, 4.69) is 4.98 Å². The van der Waals surface area contributed by atoms with Crippen LogP contribution >= 0.6 is 35.0 Å². The van der Waals surface area contributed by atoms with Gasteiger partial charge in [0.2, 0.25) is 0 Å². The van der Waals surface area contributed by atoms with E-state index in [4.69, 9.17) is 27.6 Å². The van der Waals surface area contributed by atoms with Crippen molar-refractivity contribution in [2.75, 3.05) is 0 Å². The van der Waals surface area contributed by atoms with Crippen LogP contribution in [0, 0.1) is 0 Å². The maximum atomic E-state index is 6.00. The third-order valence-corrected chi connectivity index (χ3v) is 3.47. The van der Waals surface area contributed by atoms with E-state index in [1.165, 1.54) is 0 Å². The van der Waals surface area contributed by atoms with Crippen LogP contribution in [0.2, 0.25) is 10.2 Å². The number of rotatable bonds is 4. The summed E-state index contributed by atoms with van der Waals surface area (Å²) in [6.45, 7) is 0. The molecule has 0 aromatic carbocycles. The number of hydrogen-bond donors (Lipinski definition) is 0. The molecule has 0 saturated heterocycles. The molecule has 0 spiro atoms. The first kappa shape index (κ1) is 11.8. The maximum Gasteiger partial charge on any atom is 0.129 e. The topological polar surface area (TPSA) is 26.0 Å². The zero-order valence-corrected chi connectivity index (χ0v) is 10.6. The number of pyridine rings is 1. The minimum absolute atomic E-state index is 0.470. The van der Waals surface area contributed by atoms with Gasteiger partial charge in [-0.25, -0.2) is 4.98 Å². The molecular weight excluding hydrogens is 265 g/mol. The van der Waals surface area contributed by atoms with Crippen molar-refractivity contribution in [3.8, 4) is 0 Å². The van der Waals surface area contributed by atoms with Gasteiger partial charge in [-0.15, -0.1) is 11.8 Å². The van der Waals surface area contributed by atoms with Crippen LogP contribution in [0.15, 0.2) is 34.9 Å². The van der Waals surface area contributed by atoms with Crippen LogP contribution in [0.4, 0.5) is 0 Å². The second-order valence-electron chi connectivity index (χ2n) is 3.13. The lowest BCUT2D eigenvalue weighted by Crippen LogP contribution is -1.89. The molecule has 2 aromatic heterocycles. The van der Waals surface area contributed by atoms with Gasteiger partial charge in [-0.1, -0.05) is 23.2 Å². The van der Waals surface area contributed by atoms with Crippen molar-refractivity contribution in [3.63, 3.8) is 0 Å². The third-order valence-electron chi connectivity index (χ3n) is 1.95. The highest BCUT2D eigenvalue weighted by atomic mass is 35.5. The molecule has 84 valence electrons. The van der Waals surface area contributed by atoms with Crippen LogP contribution in [-0.2, 0) is 11.5 Å². The first-order chi connectivity index (χ1) is 7.75. The molecular formula is C11H9Cl2NOS. The number of hydrogen-bond acceptors (Lipinski definition) is 3. The Bertz CT molecular complexity index is 459. The number of furan rings is 1. The Balaban J connectivity index is 1.92. The van der Waals surface area contributed by atoms with Crippen LogP contribution in [0.5, 0.6) is 0 Å². The van der Waals surface area contributed by atoms with E-state index in [1.807, 2.05) is 12.1 Å². The normalized spacial score (nSPS) is 10.6.